The Morgan fingerprint density at radius 2 is 1.27 bits per heavy atom. The van der Waals surface area contributed by atoms with Gasteiger partial charge in [-0.2, -0.15) is 0 Å². The predicted octanol–water partition coefficient (Wildman–Crippen LogP) is 5.19. The van der Waals surface area contributed by atoms with E-state index in [2.05, 4.69) is 5.32 Å². The van der Waals surface area contributed by atoms with Gasteiger partial charge in [0.05, 0.1) is 13.5 Å². The largest absolute Gasteiger partial charge is 0.496 e. The van der Waals surface area contributed by atoms with Crippen LogP contribution in [-0.2, 0) is 35.5 Å². The Bertz CT molecular complexity index is 1280. The molecule has 5 nitrogen and oxygen atoms in total. The molecule has 1 atom stereocenters. The van der Waals surface area contributed by atoms with Crippen molar-refractivity contribution < 1.29 is 14.3 Å². The lowest BCUT2D eigenvalue weighted by Crippen LogP contribution is -2.50. The van der Waals surface area contributed by atoms with E-state index in [0.717, 1.165) is 22.3 Å². The molecular formula is C32H32N2O3. The lowest BCUT2D eigenvalue weighted by atomic mass is 10.0. The molecule has 1 N–H and O–H groups in total. The second-order valence-corrected chi connectivity index (χ2v) is 8.90. The molecule has 4 aromatic carbocycles. The molecule has 0 aliphatic carbocycles. The fraction of sp³-hybridized carbons (Fsp3) is 0.188. The van der Waals surface area contributed by atoms with Crippen molar-refractivity contribution in [3.8, 4) is 5.75 Å². The van der Waals surface area contributed by atoms with Gasteiger partial charge in [-0.25, -0.2) is 0 Å². The van der Waals surface area contributed by atoms with Crippen LogP contribution in [0.4, 0.5) is 0 Å². The van der Waals surface area contributed by atoms with E-state index in [9.17, 15) is 9.59 Å². The SMILES string of the molecule is COc1ccccc1CNC(=O)[C@H](Cc1ccccc1)N(Cc1ccccc1)C(=O)Cc1ccccc1. The van der Waals surface area contributed by atoms with Crippen LogP contribution >= 0.6 is 0 Å². The van der Waals surface area contributed by atoms with Crippen molar-refractivity contribution in [1.82, 2.24) is 10.2 Å². The van der Waals surface area contributed by atoms with Gasteiger partial charge in [0.15, 0.2) is 0 Å². The van der Waals surface area contributed by atoms with Crippen LogP contribution in [0.15, 0.2) is 115 Å². The fourth-order valence-electron chi connectivity index (χ4n) is 4.36. The van der Waals surface area contributed by atoms with Gasteiger partial charge in [0.2, 0.25) is 11.8 Å². The van der Waals surface area contributed by atoms with Crippen LogP contribution in [0.3, 0.4) is 0 Å². The number of rotatable bonds is 11. The Kier molecular flexibility index (Phi) is 9.08. The van der Waals surface area contributed by atoms with E-state index in [1.807, 2.05) is 115 Å². The fourth-order valence-corrected chi connectivity index (χ4v) is 4.36. The smallest absolute Gasteiger partial charge is 0.243 e. The van der Waals surface area contributed by atoms with Crippen molar-refractivity contribution in [2.24, 2.45) is 0 Å². The van der Waals surface area contributed by atoms with Crippen LogP contribution in [0.1, 0.15) is 22.3 Å². The summed E-state index contributed by atoms with van der Waals surface area (Å²) in [5.74, 6) is 0.416. The van der Waals surface area contributed by atoms with E-state index in [1.54, 1.807) is 12.0 Å². The van der Waals surface area contributed by atoms with Gasteiger partial charge in [0.1, 0.15) is 11.8 Å². The molecule has 0 bridgehead atoms. The van der Waals surface area contributed by atoms with Gasteiger partial charge in [0, 0.05) is 25.1 Å². The summed E-state index contributed by atoms with van der Waals surface area (Å²) in [5.41, 5.74) is 3.76. The van der Waals surface area contributed by atoms with Gasteiger partial charge in [-0.3, -0.25) is 9.59 Å². The van der Waals surface area contributed by atoms with E-state index in [1.165, 1.54) is 0 Å². The standard InChI is InChI=1S/C32H32N2O3/c1-37-30-20-12-11-19-28(30)23-33-32(36)29(21-25-13-5-2-6-14-25)34(24-27-17-9-4-10-18-27)31(35)22-26-15-7-3-8-16-26/h2-20,29H,21-24H2,1H3,(H,33,36)/t29-/m0/s1. The molecule has 4 aromatic rings. The van der Waals surface area contributed by atoms with Gasteiger partial charge in [-0.05, 0) is 22.8 Å². The van der Waals surface area contributed by atoms with Gasteiger partial charge >= 0.3 is 0 Å². The van der Waals surface area contributed by atoms with Crippen molar-refractivity contribution in [3.05, 3.63) is 138 Å². The van der Waals surface area contributed by atoms with Crippen LogP contribution in [-0.4, -0.2) is 29.9 Å². The first-order chi connectivity index (χ1) is 18.1. The molecule has 2 amide bonds. The van der Waals surface area contributed by atoms with Crippen molar-refractivity contribution in [2.45, 2.75) is 32.0 Å². The summed E-state index contributed by atoms with van der Waals surface area (Å²) in [4.78, 5) is 29.2. The average molecular weight is 493 g/mol. The molecule has 0 saturated heterocycles. The van der Waals surface area contributed by atoms with E-state index >= 15 is 0 Å². The number of hydrogen-bond donors (Lipinski definition) is 1. The van der Waals surface area contributed by atoms with Gasteiger partial charge in [-0.15, -0.1) is 0 Å². The zero-order valence-corrected chi connectivity index (χ0v) is 21.0. The Morgan fingerprint density at radius 3 is 1.89 bits per heavy atom. The maximum atomic E-state index is 13.8. The molecule has 0 unspecified atom stereocenters. The van der Waals surface area contributed by atoms with Crippen molar-refractivity contribution in [1.29, 1.82) is 0 Å². The highest BCUT2D eigenvalue weighted by Gasteiger charge is 2.30. The Morgan fingerprint density at radius 1 is 0.730 bits per heavy atom. The average Bonchev–Trinajstić information content (AvgIpc) is 2.95. The van der Waals surface area contributed by atoms with E-state index in [4.69, 9.17) is 4.74 Å². The molecule has 0 spiro atoms. The first-order valence-corrected chi connectivity index (χ1v) is 12.4. The Hall–Kier alpha value is -4.38. The summed E-state index contributed by atoms with van der Waals surface area (Å²) >= 11 is 0. The highest BCUT2D eigenvalue weighted by molar-refractivity contribution is 5.88. The highest BCUT2D eigenvalue weighted by Crippen LogP contribution is 2.19. The minimum absolute atomic E-state index is 0.0941. The van der Waals surface area contributed by atoms with Crippen LogP contribution < -0.4 is 10.1 Å². The number of ether oxygens (including phenoxy) is 1. The minimum Gasteiger partial charge on any atom is -0.496 e. The van der Waals surface area contributed by atoms with Gasteiger partial charge in [-0.1, -0.05) is 109 Å². The number of carbonyl (C=O) groups is 2. The third-order valence-electron chi connectivity index (χ3n) is 6.31. The van der Waals surface area contributed by atoms with Crippen LogP contribution in [0.25, 0.3) is 0 Å². The topological polar surface area (TPSA) is 58.6 Å². The summed E-state index contributed by atoms with van der Waals surface area (Å²) in [7, 11) is 1.61. The van der Waals surface area contributed by atoms with Crippen LogP contribution in [0.2, 0.25) is 0 Å². The number of hydrogen-bond acceptors (Lipinski definition) is 3. The molecule has 4 rings (SSSR count). The normalized spacial score (nSPS) is 11.4. The maximum Gasteiger partial charge on any atom is 0.243 e. The molecular weight excluding hydrogens is 460 g/mol. The number of para-hydroxylation sites is 1. The molecule has 188 valence electrons. The number of nitrogens with zero attached hydrogens (tertiary/aromatic N) is 1. The van der Waals surface area contributed by atoms with Crippen molar-refractivity contribution >= 4 is 11.8 Å². The van der Waals surface area contributed by atoms with Crippen molar-refractivity contribution in [3.63, 3.8) is 0 Å². The molecule has 0 aliphatic rings. The third kappa shape index (κ3) is 7.31. The summed E-state index contributed by atoms with van der Waals surface area (Å²) in [6.45, 7) is 0.645. The maximum absolute atomic E-state index is 13.8. The number of methoxy groups -OCH3 is 1. The number of nitrogens with one attached hydrogen (secondary N) is 1. The van der Waals surface area contributed by atoms with Crippen molar-refractivity contribution in [2.75, 3.05) is 7.11 Å². The van der Waals surface area contributed by atoms with Crippen LogP contribution in [0, 0.1) is 0 Å². The zero-order chi connectivity index (χ0) is 25.9. The summed E-state index contributed by atoms with van der Waals surface area (Å²) < 4.78 is 5.45. The second kappa shape index (κ2) is 13.1. The Labute approximate surface area is 218 Å². The number of benzene rings is 4. The minimum atomic E-state index is -0.687. The summed E-state index contributed by atoms with van der Waals surface area (Å²) in [5, 5.41) is 3.07. The monoisotopic (exact) mass is 492 g/mol. The molecule has 0 fully saturated rings. The summed E-state index contributed by atoms with van der Waals surface area (Å²) in [6, 6.07) is 36.2. The van der Waals surface area contributed by atoms with Gasteiger partial charge in [0.25, 0.3) is 0 Å². The van der Waals surface area contributed by atoms with E-state index < -0.39 is 6.04 Å². The molecule has 0 aromatic heterocycles. The molecule has 37 heavy (non-hydrogen) atoms. The lowest BCUT2D eigenvalue weighted by molar-refractivity contribution is -0.140. The van der Waals surface area contributed by atoms with E-state index in [0.29, 0.717) is 25.3 Å². The summed E-state index contributed by atoms with van der Waals surface area (Å²) in [6.07, 6.45) is 0.630. The van der Waals surface area contributed by atoms with Crippen LogP contribution in [0.5, 0.6) is 5.75 Å². The third-order valence-corrected chi connectivity index (χ3v) is 6.31. The zero-order valence-electron chi connectivity index (χ0n) is 21.0. The predicted molar refractivity (Wildman–Crippen MR) is 146 cm³/mol. The first-order valence-electron chi connectivity index (χ1n) is 12.4. The van der Waals surface area contributed by atoms with E-state index in [-0.39, 0.29) is 18.2 Å². The first kappa shape index (κ1) is 25.7. The molecule has 0 aliphatic heterocycles. The number of amides is 2. The second-order valence-electron chi connectivity index (χ2n) is 8.90. The lowest BCUT2D eigenvalue weighted by Gasteiger charge is -2.32. The number of carbonyl (C=O) groups excluding carboxylic acids is 2. The molecule has 0 radical (unpaired) electrons. The molecule has 0 heterocycles. The molecule has 5 heteroatoms. The highest BCUT2D eigenvalue weighted by atomic mass is 16.5. The Balaban J connectivity index is 1.63. The molecule has 0 saturated carbocycles. The van der Waals surface area contributed by atoms with Gasteiger partial charge < -0.3 is 15.0 Å². The quantitative estimate of drug-likeness (QED) is 0.313.